The number of hydrogen-bond acceptors (Lipinski definition) is 5. The van der Waals surface area contributed by atoms with Crippen LogP contribution in [0.4, 0.5) is 10.1 Å². The summed E-state index contributed by atoms with van der Waals surface area (Å²) in [5.74, 6) is -0.914. The summed E-state index contributed by atoms with van der Waals surface area (Å²) in [7, 11) is 1.60. The van der Waals surface area contributed by atoms with Crippen molar-refractivity contribution in [2.75, 3.05) is 11.9 Å². The van der Waals surface area contributed by atoms with Crippen LogP contribution in [0.3, 0.4) is 0 Å². The van der Waals surface area contributed by atoms with E-state index in [0.717, 1.165) is 22.3 Å². The fourth-order valence-electron chi connectivity index (χ4n) is 7.32. The fourth-order valence-corrected chi connectivity index (χ4v) is 8.44. The lowest BCUT2D eigenvalue weighted by molar-refractivity contribution is -0.130. The first-order valence-electron chi connectivity index (χ1n) is 16.7. The summed E-state index contributed by atoms with van der Waals surface area (Å²) in [4.78, 5) is 34.1. The topological polar surface area (TPSA) is 104 Å². The summed E-state index contributed by atoms with van der Waals surface area (Å²) < 4.78 is 14.2. The van der Waals surface area contributed by atoms with Crippen LogP contribution in [-0.4, -0.2) is 40.6 Å². The molecule has 1 aromatic heterocycles. The Morgan fingerprint density at radius 3 is 1.88 bits per heavy atom. The number of halogens is 1. The van der Waals surface area contributed by atoms with E-state index in [0.29, 0.717) is 21.7 Å². The number of thiophene rings is 1. The van der Waals surface area contributed by atoms with E-state index < -0.39 is 11.1 Å². The van der Waals surface area contributed by atoms with Gasteiger partial charge in [0, 0.05) is 17.6 Å². The highest BCUT2D eigenvalue weighted by Crippen LogP contribution is 2.48. The number of anilines is 1. The molecule has 6 aromatic rings. The summed E-state index contributed by atoms with van der Waals surface area (Å²) in [5, 5.41) is 23.3. The molecule has 0 radical (unpaired) electrons. The molecule has 3 N–H and O–H groups in total. The Labute approximate surface area is 304 Å². The zero-order chi connectivity index (χ0) is 36.0. The smallest absolute Gasteiger partial charge is 0.265 e. The molecule has 8 nitrogen and oxygen atoms in total. The van der Waals surface area contributed by atoms with Crippen LogP contribution in [0.2, 0.25) is 0 Å². The number of nitrogens with zero attached hydrogens (tertiary/aromatic N) is 3. The second-order valence-corrected chi connectivity index (χ2v) is 13.7. The first-order valence-corrected chi connectivity index (χ1v) is 17.6. The van der Waals surface area contributed by atoms with Crippen LogP contribution >= 0.6 is 11.3 Å². The van der Waals surface area contributed by atoms with Gasteiger partial charge in [0.05, 0.1) is 6.54 Å². The lowest BCUT2D eigenvalue weighted by atomic mass is 9.82. The number of rotatable bonds is 8. The Bertz CT molecular complexity index is 2290. The van der Waals surface area contributed by atoms with Crippen LogP contribution in [0.25, 0.3) is 11.1 Å². The van der Waals surface area contributed by atoms with Gasteiger partial charge in [-0.15, -0.1) is 11.3 Å². The summed E-state index contributed by atoms with van der Waals surface area (Å²) in [6.45, 7) is 0.133. The Morgan fingerprint density at radius 2 is 1.29 bits per heavy atom. The Morgan fingerprint density at radius 1 is 0.692 bits per heavy atom. The van der Waals surface area contributed by atoms with Crippen LogP contribution < -0.4 is 10.2 Å². The van der Waals surface area contributed by atoms with Crippen LogP contribution in [0.5, 0.6) is 0 Å². The Hall–Kier alpha value is -6.39. The van der Waals surface area contributed by atoms with Gasteiger partial charge in [-0.3, -0.25) is 35.1 Å². The highest BCUT2D eigenvalue weighted by molar-refractivity contribution is 7.10. The van der Waals surface area contributed by atoms with Crippen LogP contribution in [0.1, 0.15) is 27.1 Å². The van der Waals surface area contributed by atoms with Gasteiger partial charge in [0.2, 0.25) is 5.96 Å². The molecule has 0 saturated carbocycles. The predicted molar refractivity (Wildman–Crippen MR) is 201 cm³/mol. The standard InChI is InChI=1S/C42H33FN6O2S/c1-47-38(51)42(33-17-9-4-10-18-33,36-25-30(27-52-36)29-12-11-19-34(43)24-29)49(40(47)45)35-22-20-28(21-23-35)26-48-37(50)41(46-39(48)44,31-13-5-2-6-14-31)32-15-7-3-8-16-32/h2-25,27,45H,26H2,1H3,(H2,44,46). The molecule has 256 valence electrons. The maximum absolute atomic E-state index is 14.5. The fraction of sp³-hybridized carbons (Fsp3) is 0.0952. The maximum Gasteiger partial charge on any atom is 0.265 e. The SMILES string of the molecule is CN1C(=N)N(c2ccc(CN3C(=N)NC(c4ccccc4)(c4ccccc4)C3=O)cc2)C(c2ccccc2)(c2cc(-c3cccc(F)c3)cs2)C1=O. The summed E-state index contributed by atoms with van der Waals surface area (Å²) in [5.41, 5.74) is 2.32. The van der Waals surface area contributed by atoms with Crippen molar-refractivity contribution in [3.63, 3.8) is 0 Å². The molecule has 2 aliphatic rings. The van der Waals surface area contributed by atoms with Gasteiger partial charge in [-0.05, 0) is 69.1 Å². The molecule has 10 heteroatoms. The highest BCUT2D eigenvalue weighted by atomic mass is 32.1. The quantitative estimate of drug-likeness (QED) is 0.153. The minimum absolute atomic E-state index is 0.00138. The number of carbonyl (C=O) groups is 2. The number of benzene rings is 5. The van der Waals surface area contributed by atoms with Crippen molar-refractivity contribution in [2.45, 2.75) is 17.6 Å². The summed E-state index contributed by atoms with van der Waals surface area (Å²) in [6, 6.07) is 43.9. The lowest BCUT2D eigenvalue weighted by Crippen LogP contribution is -2.47. The van der Waals surface area contributed by atoms with Crippen LogP contribution in [0.15, 0.2) is 151 Å². The van der Waals surface area contributed by atoms with Crippen LogP contribution in [-0.2, 0) is 27.2 Å². The molecule has 0 bridgehead atoms. The van der Waals surface area contributed by atoms with Crippen molar-refractivity contribution in [3.8, 4) is 11.1 Å². The van der Waals surface area contributed by atoms with Gasteiger partial charge in [0.1, 0.15) is 5.82 Å². The number of amides is 2. The molecule has 0 spiro atoms. The van der Waals surface area contributed by atoms with Crippen molar-refractivity contribution >= 4 is 40.8 Å². The minimum Gasteiger partial charge on any atom is -0.334 e. The monoisotopic (exact) mass is 704 g/mol. The first kappa shape index (κ1) is 32.8. The third-order valence-corrected chi connectivity index (χ3v) is 10.9. The van der Waals surface area contributed by atoms with Crippen molar-refractivity contribution in [1.82, 2.24) is 15.1 Å². The van der Waals surface area contributed by atoms with Crippen molar-refractivity contribution in [3.05, 3.63) is 184 Å². The third kappa shape index (κ3) is 5.02. The molecular formula is C42H33FN6O2S. The van der Waals surface area contributed by atoms with Gasteiger partial charge in [0.25, 0.3) is 11.8 Å². The van der Waals surface area contributed by atoms with Gasteiger partial charge < -0.3 is 5.32 Å². The van der Waals surface area contributed by atoms with E-state index in [1.54, 1.807) is 18.0 Å². The van der Waals surface area contributed by atoms with E-state index in [2.05, 4.69) is 5.32 Å². The average Bonchev–Trinajstić information content (AvgIpc) is 3.83. The third-order valence-electron chi connectivity index (χ3n) is 9.88. The second kappa shape index (κ2) is 12.7. The molecule has 8 rings (SSSR count). The van der Waals surface area contributed by atoms with Crippen molar-refractivity contribution in [1.29, 1.82) is 10.8 Å². The molecule has 2 saturated heterocycles. The molecule has 2 fully saturated rings. The zero-order valence-electron chi connectivity index (χ0n) is 28.1. The first-order chi connectivity index (χ1) is 25.2. The average molecular weight is 705 g/mol. The number of guanidine groups is 2. The van der Waals surface area contributed by atoms with Gasteiger partial charge >= 0.3 is 0 Å². The van der Waals surface area contributed by atoms with E-state index in [4.69, 9.17) is 5.41 Å². The largest absolute Gasteiger partial charge is 0.334 e. The summed E-state index contributed by atoms with van der Waals surface area (Å²) in [6.07, 6.45) is 0. The Kier molecular flexibility index (Phi) is 8.03. The lowest BCUT2D eigenvalue weighted by Gasteiger charge is -2.36. The van der Waals surface area contributed by atoms with Gasteiger partial charge in [-0.2, -0.15) is 0 Å². The maximum atomic E-state index is 14.5. The van der Waals surface area contributed by atoms with E-state index in [1.165, 1.54) is 33.3 Å². The zero-order valence-corrected chi connectivity index (χ0v) is 28.9. The number of nitrogens with one attached hydrogen (secondary N) is 3. The number of hydrogen-bond donors (Lipinski definition) is 3. The molecule has 1 unspecified atom stereocenters. The van der Waals surface area contributed by atoms with E-state index >= 15 is 0 Å². The normalized spacial score (nSPS) is 18.3. The molecule has 2 aliphatic heterocycles. The van der Waals surface area contributed by atoms with E-state index in [1.807, 2.05) is 133 Å². The molecule has 3 heterocycles. The van der Waals surface area contributed by atoms with Gasteiger partial charge in [-0.1, -0.05) is 115 Å². The molecular weight excluding hydrogens is 672 g/mol. The highest BCUT2D eigenvalue weighted by Gasteiger charge is 2.58. The summed E-state index contributed by atoms with van der Waals surface area (Å²) >= 11 is 1.39. The predicted octanol–water partition coefficient (Wildman–Crippen LogP) is 7.52. The van der Waals surface area contributed by atoms with Crippen molar-refractivity contribution < 1.29 is 14.0 Å². The van der Waals surface area contributed by atoms with Crippen molar-refractivity contribution in [2.24, 2.45) is 0 Å². The Balaban J connectivity index is 1.17. The second-order valence-electron chi connectivity index (χ2n) is 12.8. The van der Waals surface area contributed by atoms with E-state index in [-0.39, 0.29) is 36.1 Å². The molecule has 1 atom stereocenters. The van der Waals surface area contributed by atoms with Gasteiger partial charge in [0.15, 0.2) is 17.0 Å². The molecule has 0 aliphatic carbocycles. The molecule has 5 aromatic carbocycles. The number of likely N-dealkylation sites (N-methyl/N-ethyl adjacent to an activating group) is 1. The molecule has 52 heavy (non-hydrogen) atoms. The number of carbonyl (C=O) groups excluding carboxylic acids is 2. The minimum atomic E-state index is -1.41. The van der Waals surface area contributed by atoms with E-state index in [9.17, 15) is 19.4 Å². The molecule has 2 amide bonds. The van der Waals surface area contributed by atoms with Gasteiger partial charge in [-0.25, -0.2) is 4.39 Å². The van der Waals surface area contributed by atoms with Crippen LogP contribution in [0, 0.1) is 16.6 Å².